The number of anilines is 2. The lowest BCUT2D eigenvalue weighted by atomic mass is 10.3. The Morgan fingerprint density at radius 1 is 1.40 bits per heavy atom. The molecule has 1 aliphatic rings. The second-order valence-electron chi connectivity index (χ2n) is 4.88. The number of rotatable bonds is 4. The Bertz CT molecular complexity index is 583. The summed E-state index contributed by atoms with van der Waals surface area (Å²) in [5.74, 6) is -1.08. The Balaban J connectivity index is 1.98. The van der Waals surface area contributed by atoms with Crippen LogP contribution in [0.4, 0.5) is 11.4 Å². The van der Waals surface area contributed by atoms with Crippen LogP contribution >= 0.6 is 0 Å². The van der Waals surface area contributed by atoms with Crippen molar-refractivity contribution in [2.45, 2.75) is 24.7 Å². The fourth-order valence-corrected chi connectivity index (χ4v) is 4.01. The third kappa shape index (κ3) is 3.49. The highest BCUT2D eigenvalue weighted by Gasteiger charge is 2.36. The fraction of sp³-hybridized carbons (Fsp3) is 0.462. The predicted octanol–water partition coefficient (Wildman–Crippen LogP) is 0.800. The summed E-state index contributed by atoms with van der Waals surface area (Å²) in [7, 11) is -3.50. The van der Waals surface area contributed by atoms with Gasteiger partial charge >= 0.3 is 0 Å². The maximum absolute atomic E-state index is 12.1. The molecule has 1 fully saturated rings. The van der Waals surface area contributed by atoms with Crippen LogP contribution < -0.4 is 11.1 Å². The topological polar surface area (TPSA) is 98.5 Å². The molecule has 110 valence electrons. The van der Waals surface area contributed by atoms with Crippen LogP contribution in [0.3, 0.4) is 0 Å². The summed E-state index contributed by atoms with van der Waals surface area (Å²) < 4.78 is 29.5. The Morgan fingerprint density at radius 2 is 2.05 bits per heavy atom. The number of ether oxygens (including phenoxy) is 1. The molecule has 1 aliphatic heterocycles. The summed E-state index contributed by atoms with van der Waals surface area (Å²) >= 11 is 0. The van der Waals surface area contributed by atoms with Crippen LogP contribution in [0, 0.1) is 0 Å². The molecule has 3 N–H and O–H groups in total. The van der Waals surface area contributed by atoms with E-state index >= 15 is 0 Å². The first-order chi connectivity index (χ1) is 9.38. The van der Waals surface area contributed by atoms with Gasteiger partial charge in [-0.1, -0.05) is 0 Å². The van der Waals surface area contributed by atoms with E-state index in [-0.39, 0.29) is 6.10 Å². The minimum Gasteiger partial charge on any atom is -0.399 e. The molecule has 2 atom stereocenters. The van der Waals surface area contributed by atoms with Crippen molar-refractivity contribution in [1.82, 2.24) is 0 Å². The smallest absolute Gasteiger partial charge is 0.239 e. The largest absolute Gasteiger partial charge is 0.399 e. The van der Waals surface area contributed by atoms with Gasteiger partial charge in [0, 0.05) is 18.0 Å². The molecule has 2 rings (SSSR count). The van der Waals surface area contributed by atoms with Crippen molar-refractivity contribution in [3.05, 3.63) is 24.3 Å². The highest BCUT2D eigenvalue weighted by atomic mass is 32.2. The number of nitrogens with two attached hydrogens (primary N) is 1. The molecule has 20 heavy (non-hydrogen) atoms. The van der Waals surface area contributed by atoms with Crippen LogP contribution in [0.1, 0.15) is 13.3 Å². The van der Waals surface area contributed by atoms with Gasteiger partial charge in [-0.25, -0.2) is 8.42 Å². The van der Waals surface area contributed by atoms with Gasteiger partial charge < -0.3 is 15.8 Å². The number of nitrogens with one attached hydrogen (secondary N) is 1. The number of benzene rings is 1. The van der Waals surface area contributed by atoms with E-state index < -0.39 is 26.7 Å². The van der Waals surface area contributed by atoms with Crippen LogP contribution in [0.15, 0.2) is 24.3 Å². The molecule has 1 aromatic rings. The number of nitrogen functional groups attached to an aromatic ring is 1. The minimum atomic E-state index is -3.50. The van der Waals surface area contributed by atoms with Crippen molar-refractivity contribution >= 4 is 27.1 Å². The highest BCUT2D eigenvalue weighted by Crippen LogP contribution is 2.21. The van der Waals surface area contributed by atoms with Crippen LogP contribution in [0.2, 0.25) is 0 Å². The van der Waals surface area contributed by atoms with Crippen LogP contribution in [-0.2, 0) is 19.4 Å². The molecule has 1 saturated heterocycles. The Labute approximate surface area is 118 Å². The van der Waals surface area contributed by atoms with E-state index in [1.807, 2.05) is 0 Å². The molecule has 0 saturated carbocycles. The zero-order chi connectivity index (χ0) is 14.8. The van der Waals surface area contributed by atoms with E-state index in [2.05, 4.69) is 5.32 Å². The molecule has 7 heteroatoms. The van der Waals surface area contributed by atoms with Gasteiger partial charge in [-0.05, 0) is 37.6 Å². The molecular weight excluding hydrogens is 280 g/mol. The molecule has 1 heterocycles. The first kappa shape index (κ1) is 14.8. The van der Waals surface area contributed by atoms with Crippen LogP contribution in [0.5, 0.6) is 0 Å². The Kier molecular flexibility index (Phi) is 4.29. The molecule has 1 amide bonds. The molecule has 6 nitrogen and oxygen atoms in total. The molecule has 0 spiro atoms. The van der Waals surface area contributed by atoms with Crippen molar-refractivity contribution in [1.29, 1.82) is 0 Å². The van der Waals surface area contributed by atoms with Gasteiger partial charge in [0.05, 0.1) is 11.4 Å². The Hall–Kier alpha value is -1.60. The zero-order valence-corrected chi connectivity index (χ0v) is 12.0. The summed E-state index contributed by atoms with van der Waals surface area (Å²) in [6.07, 6.45) is 0.0860. The number of amides is 1. The van der Waals surface area contributed by atoms with E-state index in [1.54, 1.807) is 31.2 Å². The SMILES string of the molecule is CC1OCCC1S(=O)(=O)CC(=O)Nc1ccc(N)cc1. The maximum Gasteiger partial charge on any atom is 0.239 e. The molecule has 0 bridgehead atoms. The van der Waals surface area contributed by atoms with Crippen molar-refractivity contribution in [2.24, 2.45) is 0 Å². The van der Waals surface area contributed by atoms with Gasteiger partial charge in [0.25, 0.3) is 0 Å². The van der Waals surface area contributed by atoms with E-state index in [0.29, 0.717) is 24.4 Å². The first-order valence-electron chi connectivity index (χ1n) is 6.37. The van der Waals surface area contributed by atoms with Crippen molar-refractivity contribution in [3.8, 4) is 0 Å². The lowest BCUT2D eigenvalue weighted by molar-refractivity contribution is -0.113. The summed E-state index contributed by atoms with van der Waals surface area (Å²) in [5.41, 5.74) is 6.63. The number of hydrogen-bond acceptors (Lipinski definition) is 5. The predicted molar refractivity (Wildman–Crippen MR) is 77.1 cm³/mol. The van der Waals surface area contributed by atoms with Gasteiger partial charge in [-0.3, -0.25) is 4.79 Å². The lowest BCUT2D eigenvalue weighted by Gasteiger charge is -2.14. The summed E-state index contributed by atoms with van der Waals surface area (Å²) in [6.45, 7) is 2.14. The van der Waals surface area contributed by atoms with Gasteiger partial charge in [-0.15, -0.1) is 0 Å². The van der Waals surface area contributed by atoms with Gasteiger partial charge in [-0.2, -0.15) is 0 Å². The number of carbonyl (C=O) groups excluding carboxylic acids is 1. The highest BCUT2D eigenvalue weighted by molar-refractivity contribution is 7.92. The van der Waals surface area contributed by atoms with E-state index in [1.165, 1.54) is 0 Å². The molecule has 1 aromatic carbocycles. The molecule has 0 aliphatic carbocycles. The summed E-state index contributed by atoms with van der Waals surface area (Å²) in [4.78, 5) is 11.8. The van der Waals surface area contributed by atoms with Crippen LogP contribution in [-0.4, -0.2) is 38.0 Å². The maximum atomic E-state index is 12.1. The van der Waals surface area contributed by atoms with E-state index in [4.69, 9.17) is 10.5 Å². The lowest BCUT2D eigenvalue weighted by Crippen LogP contribution is -2.34. The fourth-order valence-electron chi connectivity index (χ4n) is 2.24. The molecular formula is C13H18N2O4S. The average Bonchev–Trinajstić information content (AvgIpc) is 2.78. The molecule has 0 aromatic heterocycles. The third-order valence-electron chi connectivity index (χ3n) is 3.29. The normalized spacial score (nSPS) is 22.6. The second-order valence-corrected chi connectivity index (χ2v) is 7.10. The minimum absolute atomic E-state index is 0.357. The first-order valence-corrected chi connectivity index (χ1v) is 8.08. The Morgan fingerprint density at radius 3 is 2.60 bits per heavy atom. The monoisotopic (exact) mass is 298 g/mol. The van der Waals surface area contributed by atoms with Gasteiger partial charge in [0.2, 0.25) is 5.91 Å². The van der Waals surface area contributed by atoms with Gasteiger partial charge in [0.1, 0.15) is 5.75 Å². The third-order valence-corrected chi connectivity index (χ3v) is 5.50. The zero-order valence-electron chi connectivity index (χ0n) is 11.2. The number of carbonyl (C=O) groups is 1. The average molecular weight is 298 g/mol. The van der Waals surface area contributed by atoms with Crippen molar-refractivity contribution in [2.75, 3.05) is 23.4 Å². The second kappa shape index (κ2) is 5.80. The number of sulfone groups is 1. The molecule has 0 radical (unpaired) electrons. The van der Waals surface area contributed by atoms with Crippen molar-refractivity contribution in [3.63, 3.8) is 0 Å². The van der Waals surface area contributed by atoms with Gasteiger partial charge in [0.15, 0.2) is 9.84 Å². The number of hydrogen-bond donors (Lipinski definition) is 2. The standard InChI is InChI=1S/C13H18N2O4S/c1-9-12(6-7-19-9)20(17,18)8-13(16)15-11-4-2-10(14)3-5-11/h2-5,9,12H,6-8,14H2,1H3,(H,15,16). The molecule has 2 unspecified atom stereocenters. The van der Waals surface area contributed by atoms with E-state index in [9.17, 15) is 13.2 Å². The van der Waals surface area contributed by atoms with Crippen LogP contribution in [0.25, 0.3) is 0 Å². The van der Waals surface area contributed by atoms with Crippen molar-refractivity contribution < 1.29 is 17.9 Å². The summed E-state index contributed by atoms with van der Waals surface area (Å²) in [5, 5.41) is 1.95. The van der Waals surface area contributed by atoms with E-state index in [0.717, 1.165) is 0 Å². The quantitative estimate of drug-likeness (QED) is 0.801. The summed E-state index contributed by atoms with van der Waals surface area (Å²) in [6, 6.07) is 6.52.